The van der Waals surface area contributed by atoms with Crippen molar-refractivity contribution in [1.29, 1.82) is 0 Å². The second-order valence-corrected chi connectivity index (χ2v) is 13.2. The Bertz CT molecular complexity index is 1510. The van der Waals surface area contributed by atoms with Gasteiger partial charge in [-0.2, -0.15) is 0 Å². The largest absolute Gasteiger partial charge is 0.493 e. The molecule has 8 nitrogen and oxygen atoms in total. The highest BCUT2D eigenvalue weighted by atomic mass is 32.2. The monoisotopic (exact) mass is 609 g/mol. The maximum Gasteiger partial charge on any atom is 0.326 e. The number of benzene rings is 3. The molecule has 2 N–H and O–H groups in total. The molecule has 0 bridgehead atoms. The Morgan fingerprint density at radius 2 is 1.74 bits per heavy atom. The van der Waals surface area contributed by atoms with Gasteiger partial charge in [-0.15, -0.1) is 0 Å². The third kappa shape index (κ3) is 9.93. The second-order valence-electron chi connectivity index (χ2n) is 10.9. The molecule has 3 aromatic carbocycles. The van der Waals surface area contributed by atoms with Crippen LogP contribution in [0, 0.1) is 6.92 Å². The van der Waals surface area contributed by atoms with Crippen molar-refractivity contribution in [2.24, 2.45) is 0 Å². The molecule has 1 amide bonds. The number of carbonyl (C=O) groups is 2. The highest BCUT2D eigenvalue weighted by Crippen LogP contribution is 2.32. The van der Waals surface area contributed by atoms with Gasteiger partial charge in [-0.3, -0.25) is 4.79 Å². The van der Waals surface area contributed by atoms with Crippen LogP contribution >= 0.6 is 0 Å². The molecule has 232 valence electrons. The molecular formula is C34H43NO7S. The summed E-state index contributed by atoms with van der Waals surface area (Å²) in [5.74, 6) is -1.33. The average Bonchev–Trinajstić information content (AvgIpc) is 3.45. The number of carboxylic acids is 1. The summed E-state index contributed by atoms with van der Waals surface area (Å²) in [5, 5.41) is 12.1. The summed E-state index contributed by atoms with van der Waals surface area (Å²) in [7, 11) is -3.39. The molecule has 2 atom stereocenters. The van der Waals surface area contributed by atoms with Crippen molar-refractivity contribution in [2.45, 2.75) is 72.1 Å². The van der Waals surface area contributed by atoms with Crippen LogP contribution in [0.15, 0.2) is 60.7 Å². The fourth-order valence-corrected chi connectivity index (χ4v) is 5.22. The van der Waals surface area contributed by atoms with E-state index in [0.29, 0.717) is 24.3 Å². The van der Waals surface area contributed by atoms with E-state index in [1.165, 1.54) is 18.4 Å². The van der Waals surface area contributed by atoms with Crippen molar-refractivity contribution < 1.29 is 32.6 Å². The average molecular weight is 610 g/mol. The van der Waals surface area contributed by atoms with Gasteiger partial charge in [0.1, 0.15) is 21.6 Å². The van der Waals surface area contributed by atoms with Crippen LogP contribution < -0.4 is 10.1 Å². The summed E-state index contributed by atoms with van der Waals surface area (Å²) in [6.45, 7) is 9.26. The molecule has 0 aliphatic carbocycles. The van der Waals surface area contributed by atoms with Crippen molar-refractivity contribution in [3.63, 3.8) is 0 Å². The van der Waals surface area contributed by atoms with Crippen LogP contribution in [0.25, 0.3) is 11.1 Å². The van der Waals surface area contributed by atoms with Crippen LogP contribution in [-0.2, 0) is 32.4 Å². The van der Waals surface area contributed by atoms with Gasteiger partial charge in [-0.05, 0) is 71.8 Å². The van der Waals surface area contributed by atoms with Crippen LogP contribution in [0.3, 0.4) is 0 Å². The minimum atomic E-state index is -3.39. The van der Waals surface area contributed by atoms with Crippen molar-refractivity contribution in [3.8, 4) is 16.9 Å². The van der Waals surface area contributed by atoms with Crippen LogP contribution in [0.2, 0.25) is 0 Å². The molecular weight excluding hydrogens is 566 g/mol. The topological polar surface area (TPSA) is 119 Å². The molecule has 4 rings (SSSR count). The molecule has 9 heteroatoms. The highest BCUT2D eigenvalue weighted by molar-refractivity contribution is 7.90. The van der Waals surface area contributed by atoms with Gasteiger partial charge >= 0.3 is 5.97 Å². The SMILES string of the molecule is CCCC.Cc1ccccc1-c1cc(COC(C)c2ccc3c(c2)OCC3)ccc1C(=O)NC(CCS(C)(=O)=O)C(=O)O. The van der Waals surface area contributed by atoms with Crippen molar-refractivity contribution in [2.75, 3.05) is 18.6 Å². The summed E-state index contributed by atoms with van der Waals surface area (Å²) in [6.07, 6.45) is 4.17. The summed E-state index contributed by atoms with van der Waals surface area (Å²) in [6, 6.07) is 17.7. The van der Waals surface area contributed by atoms with E-state index in [4.69, 9.17) is 9.47 Å². The number of carbonyl (C=O) groups excluding carboxylic acids is 1. The molecule has 1 aliphatic heterocycles. The van der Waals surface area contributed by atoms with E-state index < -0.39 is 27.8 Å². The number of sulfone groups is 1. The predicted octanol–water partition coefficient (Wildman–Crippen LogP) is 6.30. The zero-order chi connectivity index (χ0) is 31.6. The first-order chi connectivity index (χ1) is 20.4. The summed E-state index contributed by atoms with van der Waals surface area (Å²) in [5.41, 5.74) is 5.77. The van der Waals surface area contributed by atoms with Crippen molar-refractivity contribution in [1.82, 2.24) is 5.32 Å². The number of fused-ring (bicyclic) bond motifs is 1. The third-order valence-electron chi connectivity index (χ3n) is 7.33. The van der Waals surface area contributed by atoms with Crippen molar-refractivity contribution >= 4 is 21.7 Å². The van der Waals surface area contributed by atoms with E-state index in [9.17, 15) is 23.1 Å². The lowest BCUT2D eigenvalue weighted by atomic mass is 9.93. The van der Waals surface area contributed by atoms with Crippen LogP contribution in [-0.4, -0.2) is 50.1 Å². The van der Waals surface area contributed by atoms with E-state index in [1.54, 1.807) is 12.1 Å². The Balaban J connectivity index is 0.00000119. The Morgan fingerprint density at radius 1 is 1.02 bits per heavy atom. The first kappa shape index (κ1) is 33.8. The standard InChI is InChI=1S/C30H33NO7S.C4H10/c1-19-6-4-5-7-24(19)26-16-21(18-38-20(2)23-10-9-22-12-14-37-28(22)17-23)8-11-25(26)29(32)31-27(30(33)34)13-15-39(3,35)36;1-3-4-2/h4-11,16-17,20,27H,12-15,18H2,1-3H3,(H,31,32)(H,33,34);3-4H2,1-2H3. The maximum absolute atomic E-state index is 13.3. The van der Waals surface area contributed by atoms with E-state index in [0.717, 1.165) is 40.7 Å². The summed E-state index contributed by atoms with van der Waals surface area (Å²) in [4.78, 5) is 25.0. The molecule has 43 heavy (non-hydrogen) atoms. The lowest BCUT2D eigenvalue weighted by Crippen LogP contribution is -2.42. The molecule has 0 spiro atoms. The molecule has 0 saturated carbocycles. The van der Waals surface area contributed by atoms with Gasteiger partial charge in [0, 0.05) is 18.2 Å². The molecule has 2 unspecified atom stereocenters. The zero-order valence-corrected chi connectivity index (χ0v) is 26.5. The number of hydrogen-bond acceptors (Lipinski definition) is 6. The Hall–Kier alpha value is -3.69. The quantitative estimate of drug-likeness (QED) is 0.247. The Labute approximate surface area is 255 Å². The number of ether oxygens (including phenoxy) is 2. The lowest BCUT2D eigenvalue weighted by molar-refractivity contribution is -0.139. The smallest absolute Gasteiger partial charge is 0.326 e. The summed E-state index contributed by atoms with van der Waals surface area (Å²) >= 11 is 0. The molecule has 1 heterocycles. The first-order valence-electron chi connectivity index (χ1n) is 14.7. The van der Waals surface area contributed by atoms with Gasteiger partial charge in [0.15, 0.2) is 0 Å². The zero-order valence-electron chi connectivity index (χ0n) is 25.7. The normalized spacial score (nSPS) is 13.6. The number of carboxylic acid groups (broad SMARTS) is 1. The molecule has 0 saturated heterocycles. The van der Waals surface area contributed by atoms with E-state index in [1.807, 2.05) is 56.3 Å². The van der Waals surface area contributed by atoms with Gasteiger partial charge in [0.2, 0.25) is 0 Å². The van der Waals surface area contributed by atoms with Gasteiger partial charge in [-0.25, -0.2) is 13.2 Å². The van der Waals surface area contributed by atoms with Crippen molar-refractivity contribution in [3.05, 3.63) is 88.5 Å². The number of aryl methyl sites for hydroxylation is 1. The Morgan fingerprint density at radius 3 is 2.40 bits per heavy atom. The third-order valence-corrected chi connectivity index (χ3v) is 8.31. The van der Waals surface area contributed by atoms with Gasteiger partial charge in [0.25, 0.3) is 5.91 Å². The number of hydrogen-bond donors (Lipinski definition) is 2. The van der Waals surface area contributed by atoms with Crippen LogP contribution in [0.1, 0.15) is 78.7 Å². The Kier molecular flexibility index (Phi) is 12.3. The minimum Gasteiger partial charge on any atom is -0.493 e. The second kappa shape index (κ2) is 15.7. The van der Waals surface area contributed by atoms with Gasteiger partial charge in [0.05, 0.1) is 25.1 Å². The number of nitrogens with one attached hydrogen (secondary N) is 1. The lowest BCUT2D eigenvalue weighted by Gasteiger charge is -2.19. The molecule has 0 radical (unpaired) electrons. The van der Waals surface area contributed by atoms with E-state index in [2.05, 4.69) is 25.2 Å². The molecule has 3 aromatic rings. The van der Waals surface area contributed by atoms with E-state index in [-0.39, 0.29) is 18.3 Å². The fourth-order valence-electron chi connectivity index (χ4n) is 4.56. The fraction of sp³-hybridized carbons (Fsp3) is 0.412. The minimum absolute atomic E-state index is 0.185. The number of rotatable bonds is 12. The van der Waals surface area contributed by atoms with E-state index >= 15 is 0 Å². The molecule has 1 aliphatic rings. The molecule has 0 aromatic heterocycles. The van der Waals surface area contributed by atoms with Crippen LogP contribution in [0.5, 0.6) is 5.75 Å². The van der Waals surface area contributed by atoms with Gasteiger partial charge in [-0.1, -0.05) is 69.2 Å². The van der Waals surface area contributed by atoms with Crippen LogP contribution in [0.4, 0.5) is 0 Å². The van der Waals surface area contributed by atoms with Gasteiger partial charge < -0.3 is 19.9 Å². The maximum atomic E-state index is 13.3. The highest BCUT2D eigenvalue weighted by Gasteiger charge is 2.24. The molecule has 0 fully saturated rings. The number of aliphatic carboxylic acids is 1. The summed E-state index contributed by atoms with van der Waals surface area (Å²) < 4.78 is 35.0. The number of amides is 1. The first-order valence-corrected chi connectivity index (χ1v) is 16.8. The predicted molar refractivity (Wildman–Crippen MR) is 169 cm³/mol. The number of unbranched alkanes of at least 4 members (excludes halogenated alkanes) is 1.